The van der Waals surface area contributed by atoms with Crippen molar-refractivity contribution < 1.29 is 14.7 Å². The van der Waals surface area contributed by atoms with E-state index in [1.165, 1.54) is 9.78 Å². The predicted octanol–water partition coefficient (Wildman–Crippen LogP) is 1.99. The molecule has 4 nitrogen and oxygen atoms in total. The number of likely N-dealkylation sites (N-methyl/N-ethyl adjacent to an activating group) is 1. The van der Waals surface area contributed by atoms with E-state index in [1.807, 2.05) is 12.1 Å². The Kier molecular flexibility index (Phi) is 4.95. The molecule has 0 aliphatic rings. The van der Waals surface area contributed by atoms with Crippen molar-refractivity contribution in [2.45, 2.75) is 12.8 Å². The summed E-state index contributed by atoms with van der Waals surface area (Å²) < 4.78 is 1.06. The van der Waals surface area contributed by atoms with Gasteiger partial charge < -0.3 is 10.0 Å². The number of thiophene rings is 1. The van der Waals surface area contributed by atoms with Crippen LogP contribution in [0.2, 0.25) is 0 Å². The summed E-state index contributed by atoms with van der Waals surface area (Å²) in [4.78, 5) is 24.3. The molecule has 1 amide bonds. The summed E-state index contributed by atoms with van der Waals surface area (Å²) in [6.07, 6.45) is 0.308. The Morgan fingerprint density at radius 3 is 2.69 bits per heavy atom. The molecule has 6 heteroatoms. The lowest BCUT2D eigenvalue weighted by Gasteiger charge is -2.15. The number of hydrogen-bond acceptors (Lipinski definition) is 3. The summed E-state index contributed by atoms with van der Waals surface area (Å²) in [7, 11) is 1.62. The van der Waals surface area contributed by atoms with E-state index in [9.17, 15) is 9.59 Å². The Balaban J connectivity index is 2.37. The van der Waals surface area contributed by atoms with E-state index >= 15 is 0 Å². The van der Waals surface area contributed by atoms with Gasteiger partial charge in [-0.25, -0.2) is 0 Å². The van der Waals surface area contributed by atoms with Gasteiger partial charge >= 0.3 is 5.97 Å². The van der Waals surface area contributed by atoms with Crippen molar-refractivity contribution in [1.82, 2.24) is 4.90 Å². The topological polar surface area (TPSA) is 57.6 Å². The Bertz CT molecular complexity index is 391. The second-order valence-corrected chi connectivity index (χ2v) is 5.89. The number of amides is 1. The van der Waals surface area contributed by atoms with Crippen LogP contribution in [0.25, 0.3) is 0 Å². The largest absolute Gasteiger partial charge is 0.481 e. The van der Waals surface area contributed by atoms with Crippen LogP contribution in [0.5, 0.6) is 0 Å². The molecule has 16 heavy (non-hydrogen) atoms. The van der Waals surface area contributed by atoms with Gasteiger partial charge in [-0.05, 0) is 34.5 Å². The smallest absolute Gasteiger partial charge is 0.312 e. The monoisotopic (exact) mass is 305 g/mol. The van der Waals surface area contributed by atoms with Crippen LogP contribution in [0.15, 0.2) is 15.9 Å². The zero-order chi connectivity index (χ0) is 12.1. The van der Waals surface area contributed by atoms with Crippen molar-refractivity contribution >= 4 is 39.1 Å². The number of aliphatic carboxylic acids is 1. The molecular formula is C10H12BrNO3S. The fourth-order valence-corrected chi connectivity index (χ4v) is 2.62. The molecule has 0 spiro atoms. The second kappa shape index (κ2) is 6.00. The number of rotatable bonds is 5. The second-order valence-electron chi connectivity index (χ2n) is 3.34. The third-order valence-electron chi connectivity index (χ3n) is 2.05. The molecule has 0 aliphatic heterocycles. The van der Waals surface area contributed by atoms with E-state index in [-0.39, 0.29) is 5.91 Å². The molecule has 0 bridgehead atoms. The zero-order valence-electron chi connectivity index (χ0n) is 8.77. The van der Waals surface area contributed by atoms with E-state index in [0.29, 0.717) is 6.54 Å². The first kappa shape index (κ1) is 13.2. The molecule has 0 aliphatic carbocycles. The van der Waals surface area contributed by atoms with Gasteiger partial charge in [0.05, 0.1) is 3.79 Å². The molecule has 0 fully saturated rings. The van der Waals surface area contributed by atoms with Crippen LogP contribution in [0.3, 0.4) is 0 Å². The Labute approximate surface area is 106 Å². The molecule has 0 atom stereocenters. The maximum Gasteiger partial charge on any atom is 0.312 e. The van der Waals surface area contributed by atoms with Crippen LogP contribution >= 0.6 is 27.3 Å². The quantitative estimate of drug-likeness (QED) is 0.846. The standard InChI is InChI=1S/C10H12BrNO3S/c1-12(9(13)6-10(14)15)5-4-7-2-3-8(11)16-7/h2-3H,4-6H2,1H3,(H,14,15). The van der Waals surface area contributed by atoms with E-state index in [0.717, 1.165) is 10.2 Å². The highest BCUT2D eigenvalue weighted by atomic mass is 79.9. The normalized spacial score (nSPS) is 10.1. The zero-order valence-corrected chi connectivity index (χ0v) is 11.2. The highest BCUT2D eigenvalue weighted by Gasteiger charge is 2.12. The van der Waals surface area contributed by atoms with Crippen LogP contribution in [0, 0.1) is 0 Å². The lowest BCUT2D eigenvalue weighted by atomic mass is 10.3. The molecule has 1 heterocycles. The van der Waals surface area contributed by atoms with Crippen LogP contribution < -0.4 is 0 Å². The van der Waals surface area contributed by atoms with E-state index in [1.54, 1.807) is 18.4 Å². The summed E-state index contributed by atoms with van der Waals surface area (Å²) in [6, 6.07) is 3.95. The van der Waals surface area contributed by atoms with Crippen LogP contribution in [-0.2, 0) is 16.0 Å². The third kappa shape index (κ3) is 4.32. The van der Waals surface area contributed by atoms with Crippen molar-refractivity contribution in [1.29, 1.82) is 0 Å². The summed E-state index contributed by atoms with van der Waals surface area (Å²) in [6.45, 7) is 0.541. The van der Waals surface area contributed by atoms with Gasteiger partial charge in [0.1, 0.15) is 6.42 Å². The predicted molar refractivity (Wildman–Crippen MR) is 65.6 cm³/mol. The minimum Gasteiger partial charge on any atom is -0.481 e. The Morgan fingerprint density at radius 1 is 1.50 bits per heavy atom. The van der Waals surface area contributed by atoms with Crippen molar-refractivity contribution in [2.75, 3.05) is 13.6 Å². The SMILES string of the molecule is CN(CCc1ccc(Br)s1)C(=O)CC(=O)O. The molecular weight excluding hydrogens is 294 g/mol. The summed E-state index contributed by atoms with van der Waals surface area (Å²) in [5.74, 6) is -1.45. The van der Waals surface area contributed by atoms with Gasteiger partial charge in [-0.2, -0.15) is 0 Å². The summed E-state index contributed by atoms with van der Waals surface area (Å²) in [5, 5.41) is 8.47. The molecule has 0 unspecified atom stereocenters. The number of carbonyl (C=O) groups excluding carboxylic acids is 1. The fraction of sp³-hybridized carbons (Fsp3) is 0.400. The first-order valence-electron chi connectivity index (χ1n) is 4.69. The Morgan fingerprint density at radius 2 is 2.19 bits per heavy atom. The van der Waals surface area contributed by atoms with Crippen LogP contribution in [-0.4, -0.2) is 35.5 Å². The highest BCUT2D eigenvalue weighted by molar-refractivity contribution is 9.11. The molecule has 1 rings (SSSR count). The first-order valence-corrected chi connectivity index (χ1v) is 6.30. The molecule has 1 aromatic heterocycles. The van der Waals surface area contributed by atoms with Gasteiger partial charge in [-0.3, -0.25) is 9.59 Å². The van der Waals surface area contributed by atoms with Gasteiger partial charge in [-0.1, -0.05) is 0 Å². The number of carboxylic acids is 1. The van der Waals surface area contributed by atoms with E-state index in [2.05, 4.69) is 15.9 Å². The highest BCUT2D eigenvalue weighted by Crippen LogP contribution is 2.22. The van der Waals surface area contributed by atoms with E-state index in [4.69, 9.17) is 5.11 Å². The average Bonchev–Trinajstić information content (AvgIpc) is 2.59. The number of halogens is 1. The number of carbonyl (C=O) groups is 2. The lowest BCUT2D eigenvalue weighted by molar-refractivity contribution is -0.143. The van der Waals surface area contributed by atoms with Crippen LogP contribution in [0.4, 0.5) is 0 Å². The maximum absolute atomic E-state index is 11.3. The van der Waals surface area contributed by atoms with Gasteiger partial charge in [0.15, 0.2) is 0 Å². The third-order valence-corrected chi connectivity index (χ3v) is 3.73. The number of carboxylic acid groups (broad SMARTS) is 1. The first-order chi connectivity index (χ1) is 7.49. The van der Waals surface area contributed by atoms with Crippen molar-refractivity contribution in [2.24, 2.45) is 0 Å². The number of hydrogen-bond donors (Lipinski definition) is 1. The molecule has 1 aromatic rings. The van der Waals surface area contributed by atoms with Gasteiger partial charge in [-0.15, -0.1) is 11.3 Å². The number of nitrogens with zero attached hydrogens (tertiary/aromatic N) is 1. The van der Waals surface area contributed by atoms with Crippen molar-refractivity contribution in [3.63, 3.8) is 0 Å². The molecule has 0 saturated heterocycles. The molecule has 88 valence electrons. The van der Waals surface area contributed by atoms with Gasteiger partial charge in [0.25, 0.3) is 0 Å². The minimum atomic E-state index is -1.09. The van der Waals surface area contributed by atoms with Gasteiger partial charge in [0, 0.05) is 18.5 Å². The molecule has 1 N–H and O–H groups in total. The van der Waals surface area contributed by atoms with Crippen molar-refractivity contribution in [3.05, 3.63) is 20.8 Å². The molecule has 0 radical (unpaired) electrons. The minimum absolute atomic E-state index is 0.358. The van der Waals surface area contributed by atoms with E-state index < -0.39 is 12.4 Å². The average molecular weight is 306 g/mol. The summed E-state index contributed by atoms with van der Waals surface area (Å²) in [5.41, 5.74) is 0. The molecule has 0 saturated carbocycles. The summed E-state index contributed by atoms with van der Waals surface area (Å²) >= 11 is 4.98. The lowest BCUT2D eigenvalue weighted by Crippen LogP contribution is -2.30. The maximum atomic E-state index is 11.3. The Hall–Kier alpha value is -0.880. The van der Waals surface area contributed by atoms with Crippen LogP contribution in [0.1, 0.15) is 11.3 Å². The molecule has 0 aromatic carbocycles. The van der Waals surface area contributed by atoms with Gasteiger partial charge in [0.2, 0.25) is 5.91 Å². The van der Waals surface area contributed by atoms with Crippen molar-refractivity contribution in [3.8, 4) is 0 Å². The fourth-order valence-electron chi connectivity index (χ4n) is 1.15.